The van der Waals surface area contributed by atoms with Crippen LogP contribution >= 0.6 is 15.9 Å². The van der Waals surface area contributed by atoms with Crippen LogP contribution in [-0.2, 0) is 22.6 Å². The van der Waals surface area contributed by atoms with Crippen molar-refractivity contribution < 1.29 is 9.59 Å². The van der Waals surface area contributed by atoms with Gasteiger partial charge in [0.1, 0.15) is 0 Å². The molecule has 0 fully saturated rings. The van der Waals surface area contributed by atoms with Crippen molar-refractivity contribution in [1.82, 2.24) is 4.90 Å². The molecule has 0 aromatic heterocycles. The highest BCUT2D eigenvalue weighted by atomic mass is 79.9. The molecule has 2 rings (SSSR count). The molecule has 4 heteroatoms. The maximum Gasteiger partial charge on any atom is 0.220 e. The van der Waals surface area contributed by atoms with Gasteiger partial charge in [-0.3, -0.25) is 9.59 Å². The number of carbonyl (C=O) groups is 2. The van der Waals surface area contributed by atoms with Gasteiger partial charge in [0, 0.05) is 19.9 Å². The number of Topliss-reactive ketones (excluding diaryl/α,β-unsaturated/α-hetero) is 1. The van der Waals surface area contributed by atoms with Crippen molar-refractivity contribution in [3.63, 3.8) is 0 Å². The van der Waals surface area contributed by atoms with Crippen LogP contribution in [0.15, 0.2) is 24.3 Å². The van der Waals surface area contributed by atoms with E-state index in [4.69, 9.17) is 0 Å². The van der Waals surface area contributed by atoms with Crippen LogP contribution in [-0.4, -0.2) is 28.0 Å². The van der Waals surface area contributed by atoms with Gasteiger partial charge in [0.2, 0.25) is 5.91 Å². The third kappa shape index (κ3) is 2.41. The normalized spacial score (nSPS) is 18.7. The highest BCUT2D eigenvalue weighted by Gasteiger charge is 2.31. The van der Waals surface area contributed by atoms with Crippen LogP contribution in [0.1, 0.15) is 18.1 Å². The standard InChI is InChI=1S/C13H14BrNO2/c1-9(16)15-8-11-5-3-2-4-10(11)6-12(15)13(17)7-14/h2-5,12H,6-8H2,1H3. The average Bonchev–Trinajstić information content (AvgIpc) is 2.36. The first-order valence-electron chi connectivity index (χ1n) is 5.56. The summed E-state index contributed by atoms with van der Waals surface area (Å²) in [4.78, 5) is 25.1. The van der Waals surface area contributed by atoms with Crippen LogP contribution in [0.3, 0.4) is 0 Å². The van der Waals surface area contributed by atoms with Gasteiger partial charge in [0.15, 0.2) is 5.78 Å². The summed E-state index contributed by atoms with van der Waals surface area (Å²) in [7, 11) is 0. The molecular weight excluding hydrogens is 282 g/mol. The van der Waals surface area contributed by atoms with E-state index in [1.807, 2.05) is 24.3 Å². The Labute approximate surface area is 109 Å². The molecule has 1 aromatic rings. The Balaban J connectivity index is 2.34. The second kappa shape index (κ2) is 5.00. The summed E-state index contributed by atoms with van der Waals surface area (Å²) in [5.74, 6) is 0.0218. The van der Waals surface area contributed by atoms with Crippen molar-refractivity contribution in [1.29, 1.82) is 0 Å². The highest BCUT2D eigenvalue weighted by Crippen LogP contribution is 2.24. The summed E-state index contributed by atoms with van der Waals surface area (Å²) in [5, 5.41) is 0.295. The van der Waals surface area contributed by atoms with Crippen LogP contribution in [0.2, 0.25) is 0 Å². The number of fused-ring (bicyclic) bond motifs is 1. The lowest BCUT2D eigenvalue weighted by atomic mass is 9.92. The Morgan fingerprint density at radius 1 is 1.35 bits per heavy atom. The fraction of sp³-hybridized carbons (Fsp3) is 0.385. The minimum Gasteiger partial charge on any atom is -0.328 e. The van der Waals surface area contributed by atoms with Crippen LogP contribution < -0.4 is 0 Å². The molecule has 0 aliphatic carbocycles. The molecule has 90 valence electrons. The van der Waals surface area contributed by atoms with Crippen molar-refractivity contribution in [2.75, 3.05) is 5.33 Å². The summed E-state index contributed by atoms with van der Waals surface area (Å²) in [6, 6.07) is 7.66. The number of hydrogen-bond donors (Lipinski definition) is 0. The molecule has 1 unspecified atom stereocenters. The topological polar surface area (TPSA) is 37.4 Å². The van der Waals surface area contributed by atoms with Gasteiger partial charge in [0.05, 0.1) is 11.4 Å². The molecule has 0 N–H and O–H groups in total. The second-order valence-corrected chi connectivity index (χ2v) is 4.80. The number of benzene rings is 1. The molecule has 1 aliphatic rings. The highest BCUT2D eigenvalue weighted by molar-refractivity contribution is 9.09. The van der Waals surface area contributed by atoms with Crippen molar-refractivity contribution in [2.45, 2.75) is 25.9 Å². The Hall–Kier alpha value is -1.16. The largest absolute Gasteiger partial charge is 0.328 e. The van der Waals surface area contributed by atoms with E-state index in [9.17, 15) is 9.59 Å². The first-order valence-corrected chi connectivity index (χ1v) is 6.68. The number of carbonyl (C=O) groups excluding carboxylic acids is 2. The number of amides is 1. The van der Waals surface area contributed by atoms with Crippen LogP contribution in [0, 0.1) is 0 Å². The molecule has 0 bridgehead atoms. The molecule has 0 saturated heterocycles. The molecule has 0 radical (unpaired) electrons. The summed E-state index contributed by atoms with van der Waals surface area (Å²) in [6.07, 6.45) is 0.625. The van der Waals surface area contributed by atoms with Crippen LogP contribution in [0.4, 0.5) is 0 Å². The number of nitrogens with zero attached hydrogens (tertiary/aromatic N) is 1. The van der Waals surface area contributed by atoms with E-state index in [1.54, 1.807) is 4.90 Å². The SMILES string of the molecule is CC(=O)N1Cc2ccccc2CC1C(=O)CBr. The third-order valence-electron chi connectivity index (χ3n) is 3.16. The Morgan fingerprint density at radius 2 is 2.00 bits per heavy atom. The number of hydrogen-bond acceptors (Lipinski definition) is 2. The predicted molar refractivity (Wildman–Crippen MR) is 69.0 cm³/mol. The van der Waals surface area contributed by atoms with E-state index in [0.717, 1.165) is 5.56 Å². The maximum atomic E-state index is 11.9. The molecule has 3 nitrogen and oxygen atoms in total. The second-order valence-electron chi connectivity index (χ2n) is 4.24. The molecule has 0 spiro atoms. The van der Waals surface area contributed by atoms with E-state index < -0.39 is 0 Å². The van der Waals surface area contributed by atoms with E-state index in [-0.39, 0.29) is 17.7 Å². The van der Waals surface area contributed by atoms with Crippen molar-refractivity contribution in [3.05, 3.63) is 35.4 Å². The maximum absolute atomic E-state index is 11.9. The summed E-state index contributed by atoms with van der Waals surface area (Å²) in [6.45, 7) is 2.05. The molecule has 1 heterocycles. The Morgan fingerprint density at radius 3 is 2.59 bits per heavy atom. The Kier molecular flexibility index (Phi) is 3.62. The number of ketones is 1. The van der Waals surface area contributed by atoms with Gasteiger partial charge in [-0.05, 0) is 11.1 Å². The summed E-state index contributed by atoms with van der Waals surface area (Å²) in [5.41, 5.74) is 2.31. The minimum atomic E-state index is -0.318. The predicted octanol–water partition coefficient (Wildman–Crippen LogP) is 1.92. The van der Waals surface area contributed by atoms with Gasteiger partial charge < -0.3 is 4.90 Å². The summed E-state index contributed by atoms with van der Waals surface area (Å²) < 4.78 is 0. The zero-order valence-electron chi connectivity index (χ0n) is 9.65. The van der Waals surface area contributed by atoms with E-state index in [1.165, 1.54) is 12.5 Å². The van der Waals surface area contributed by atoms with E-state index >= 15 is 0 Å². The smallest absolute Gasteiger partial charge is 0.220 e. The van der Waals surface area contributed by atoms with Crippen molar-refractivity contribution >= 4 is 27.6 Å². The molecule has 1 atom stereocenters. The fourth-order valence-corrected chi connectivity index (χ4v) is 2.60. The zero-order chi connectivity index (χ0) is 12.4. The van der Waals surface area contributed by atoms with Gasteiger partial charge in [-0.1, -0.05) is 40.2 Å². The van der Waals surface area contributed by atoms with Gasteiger partial charge in [-0.25, -0.2) is 0 Å². The molecule has 17 heavy (non-hydrogen) atoms. The zero-order valence-corrected chi connectivity index (χ0v) is 11.2. The van der Waals surface area contributed by atoms with E-state index in [2.05, 4.69) is 15.9 Å². The van der Waals surface area contributed by atoms with Gasteiger partial charge >= 0.3 is 0 Å². The van der Waals surface area contributed by atoms with Gasteiger partial charge in [-0.15, -0.1) is 0 Å². The first-order chi connectivity index (χ1) is 8.13. The molecule has 1 aromatic carbocycles. The first kappa shape index (κ1) is 12.3. The molecule has 1 amide bonds. The molecule has 1 aliphatic heterocycles. The number of rotatable bonds is 2. The van der Waals surface area contributed by atoms with Gasteiger partial charge in [-0.2, -0.15) is 0 Å². The lowest BCUT2D eigenvalue weighted by molar-refractivity contribution is -0.138. The van der Waals surface area contributed by atoms with Crippen molar-refractivity contribution in [3.8, 4) is 0 Å². The fourth-order valence-electron chi connectivity index (χ4n) is 2.23. The third-order valence-corrected chi connectivity index (χ3v) is 3.71. The lowest BCUT2D eigenvalue weighted by Crippen LogP contribution is -2.48. The molecule has 0 saturated carbocycles. The summed E-state index contributed by atoms with van der Waals surface area (Å²) >= 11 is 3.18. The minimum absolute atomic E-state index is 0.0428. The average molecular weight is 296 g/mol. The Bertz CT molecular complexity index is 458. The van der Waals surface area contributed by atoms with E-state index in [0.29, 0.717) is 18.3 Å². The van der Waals surface area contributed by atoms with Crippen LogP contribution in [0.5, 0.6) is 0 Å². The molecular formula is C13H14BrNO2. The van der Waals surface area contributed by atoms with Crippen LogP contribution in [0.25, 0.3) is 0 Å². The lowest BCUT2D eigenvalue weighted by Gasteiger charge is -2.35. The van der Waals surface area contributed by atoms with Crippen molar-refractivity contribution in [2.24, 2.45) is 0 Å². The number of halogens is 1. The van der Waals surface area contributed by atoms with Gasteiger partial charge in [0.25, 0.3) is 0 Å². The monoisotopic (exact) mass is 295 g/mol. The number of alkyl halides is 1. The quantitative estimate of drug-likeness (QED) is 0.782.